The average Bonchev–Trinajstić information content (AvgIpc) is 3.41. The van der Waals surface area contributed by atoms with Gasteiger partial charge in [0.2, 0.25) is 0 Å². The number of aromatic nitrogens is 2. The van der Waals surface area contributed by atoms with Crippen LogP contribution in [0.25, 0.3) is 0 Å². The zero-order valence-electron chi connectivity index (χ0n) is 23.4. The van der Waals surface area contributed by atoms with Crippen molar-refractivity contribution in [2.45, 2.75) is 18.8 Å². The number of nitrogens with zero attached hydrogens (tertiary/aromatic N) is 5. The van der Waals surface area contributed by atoms with Crippen molar-refractivity contribution in [3.05, 3.63) is 117 Å². The van der Waals surface area contributed by atoms with Crippen LogP contribution in [0.3, 0.4) is 0 Å². The molecule has 1 saturated heterocycles. The van der Waals surface area contributed by atoms with Crippen molar-refractivity contribution >= 4 is 17.4 Å². The molecule has 0 unspecified atom stereocenters. The fraction of sp³-hybridized carbons (Fsp3) is 0.250. The first-order valence-electron chi connectivity index (χ1n) is 14.0. The molecule has 0 aliphatic carbocycles. The smallest absolute Gasteiger partial charge is 0.423 e. The van der Waals surface area contributed by atoms with E-state index in [2.05, 4.69) is 20.9 Å². The van der Waals surface area contributed by atoms with Crippen LogP contribution in [-0.4, -0.2) is 53.6 Å². The molecule has 4 aromatic rings. The molecule has 2 aromatic carbocycles. The second kappa shape index (κ2) is 11.8. The molecule has 224 valence electrons. The Bertz CT molecular complexity index is 1780. The number of carbonyl (C=O) groups is 1. The molecule has 1 fully saturated rings. The van der Waals surface area contributed by atoms with Gasteiger partial charge >= 0.3 is 6.18 Å². The van der Waals surface area contributed by atoms with E-state index in [-0.39, 0.29) is 24.7 Å². The van der Waals surface area contributed by atoms with Crippen molar-refractivity contribution in [3.8, 4) is 11.8 Å². The van der Waals surface area contributed by atoms with E-state index in [1.165, 1.54) is 18.5 Å². The summed E-state index contributed by atoms with van der Waals surface area (Å²) in [6.07, 6.45) is -2.11. The lowest BCUT2D eigenvalue weighted by Crippen LogP contribution is -2.49. The van der Waals surface area contributed by atoms with Crippen LogP contribution in [0, 0.1) is 11.3 Å². The first kappa shape index (κ1) is 28.8. The van der Waals surface area contributed by atoms with Gasteiger partial charge < -0.3 is 24.4 Å². The summed E-state index contributed by atoms with van der Waals surface area (Å²) in [6.45, 7) is 2.31. The van der Waals surface area contributed by atoms with E-state index in [1.54, 1.807) is 46.2 Å². The molecule has 12 heteroatoms. The van der Waals surface area contributed by atoms with Crippen LogP contribution in [0.4, 0.5) is 24.7 Å². The summed E-state index contributed by atoms with van der Waals surface area (Å²) >= 11 is 0. The summed E-state index contributed by atoms with van der Waals surface area (Å²) < 4.78 is 48.0. The second-order valence-electron chi connectivity index (χ2n) is 10.5. The molecule has 2 aliphatic rings. The number of rotatable bonds is 6. The van der Waals surface area contributed by atoms with Crippen molar-refractivity contribution in [2.75, 3.05) is 42.6 Å². The van der Waals surface area contributed by atoms with Gasteiger partial charge in [0.15, 0.2) is 0 Å². The Hall–Kier alpha value is -5.31. The quantitative estimate of drug-likeness (QED) is 0.340. The SMILES string of the molecule is N#Cc1ccc(N2CCN(C(=O)c3cccc(OC[C@@H]4c5ccccc5CN4c4cc[nH]c(=O)c4C(F)(F)F)c3)CC2)nc1. The number of alkyl halides is 3. The molecule has 44 heavy (non-hydrogen) atoms. The van der Waals surface area contributed by atoms with Gasteiger partial charge in [0.05, 0.1) is 17.3 Å². The molecular formula is C32H27F3N6O3. The molecule has 0 spiro atoms. The first-order chi connectivity index (χ1) is 21.2. The lowest BCUT2D eigenvalue weighted by atomic mass is 10.1. The summed E-state index contributed by atoms with van der Waals surface area (Å²) in [4.78, 5) is 37.4. The molecule has 0 radical (unpaired) electrons. The average molecular weight is 601 g/mol. The molecule has 1 N–H and O–H groups in total. The summed E-state index contributed by atoms with van der Waals surface area (Å²) in [7, 11) is 0. The third-order valence-corrected chi connectivity index (χ3v) is 7.92. The van der Waals surface area contributed by atoms with Crippen molar-refractivity contribution < 1.29 is 22.7 Å². The van der Waals surface area contributed by atoms with Gasteiger partial charge in [-0.2, -0.15) is 18.4 Å². The number of benzene rings is 2. The van der Waals surface area contributed by atoms with Crippen molar-refractivity contribution in [1.82, 2.24) is 14.9 Å². The number of amides is 1. The van der Waals surface area contributed by atoms with Crippen LogP contribution in [0.15, 0.2) is 83.9 Å². The molecule has 4 heterocycles. The molecule has 1 amide bonds. The van der Waals surface area contributed by atoms with Crippen LogP contribution in [-0.2, 0) is 12.7 Å². The van der Waals surface area contributed by atoms with E-state index >= 15 is 0 Å². The number of ether oxygens (including phenoxy) is 1. The third-order valence-electron chi connectivity index (χ3n) is 7.92. The van der Waals surface area contributed by atoms with Gasteiger partial charge in [-0.3, -0.25) is 9.59 Å². The maximum Gasteiger partial charge on any atom is 0.423 e. The molecule has 2 aromatic heterocycles. The fourth-order valence-electron chi connectivity index (χ4n) is 5.73. The molecule has 0 saturated carbocycles. The number of H-pyrrole nitrogens is 1. The Morgan fingerprint density at radius 3 is 2.57 bits per heavy atom. The van der Waals surface area contributed by atoms with Gasteiger partial charge in [0, 0.05) is 50.7 Å². The molecular weight excluding hydrogens is 573 g/mol. The van der Waals surface area contributed by atoms with Crippen LogP contribution < -0.4 is 20.1 Å². The number of hydrogen-bond acceptors (Lipinski definition) is 7. The minimum absolute atomic E-state index is 0.00494. The Labute approximate surface area is 250 Å². The topological polar surface area (TPSA) is 106 Å². The number of nitriles is 1. The van der Waals surface area contributed by atoms with E-state index in [1.807, 2.05) is 24.3 Å². The summed E-state index contributed by atoms with van der Waals surface area (Å²) in [5.41, 5.74) is -0.103. The standard InChI is InChI=1S/C32H27F3N6O3/c33-32(34,35)29-26(10-11-37-30(29)42)41-19-23-4-1-2-7-25(23)27(41)20-44-24-6-3-5-22(16-24)31(43)40-14-12-39(13-15-40)28-9-8-21(17-36)18-38-28/h1-11,16,18,27H,12-15,19-20H2,(H,37,42)/t27-/m1/s1. The zero-order chi connectivity index (χ0) is 30.8. The fourth-order valence-corrected chi connectivity index (χ4v) is 5.73. The Balaban J connectivity index is 1.16. The van der Waals surface area contributed by atoms with E-state index in [9.17, 15) is 22.8 Å². The van der Waals surface area contributed by atoms with Gasteiger partial charge in [-0.05, 0) is 47.5 Å². The maximum atomic E-state index is 13.9. The number of halogens is 3. The molecule has 1 atom stereocenters. The van der Waals surface area contributed by atoms with Crippen molar-refractivity contribution in [1.29, 1.82) is 5.26 Å². The number of anilines is 2. The zero-order valence-corrected chi connectivity index (χ0v) is 23.4. The highest BCUT2D eigenvalue weighted by molar-refractivity contribution is 5.94. The lowest BCUT2D eigenvalue weighted by Gasteiger charge is -2.35. The van der Waals surface area contributed by atoms with Crippen LogP contribution in [0.2, 0.25) is 0 Å². The van der Waals surface area contributed by atoms with Crippen LogP contribution >= 0.6 is 0 Å². The van der Waals surface area contributed by atoms with Gasteiger partial charge in [-0.15, -0.1) is 0 Å². The number of fused-ring (bicyclic) bond motifs is 1. The summed E-state index contributed by atoms with van der Waals surface area (Å²) in [6, 6.07) is 20.3. The summed E-state index contributed by atoms with van der Waals surface area (Å²) in [5.74, 6) is 0.994. The monoisotopic (exact) mass is 600 g/mol. The molecule has 2 aliphatic heterocycles. The van der Waals surface area contributed by atoms with Gasteiger partial charge in [-0.1, -0.05) is 30.3 Å². The predicted octanol–water partition coefficient (Wildman–Crippen LogP) is 4.76. The second-order valence-corrected chi connectivity index (χ2v) is 10.5. The highest BCUT2D eigenvalue weighted by atomic mass is 19.4. The molecule has 0 bridgehead atoms. The van der Waals surface area contributed by atoms with Gasteiger partial charge in [0.1, 0.15) is 29.8 Å². The van der Waals surface area contributed by atoms with Crippen molar-refractivity contribution in [2.24, 2.45) is 0 Å². The number of hydrogen-bond donors (Lipinski definition) is 1. The largest absolute Gasteiger partial charge is 0.491 e. The number of nitrogens with one attached hydrogen (secondary N) is 1. The number of piperazine rings is 1. The first-order valence-corrected chi connectivity index (χ1v) is 14.0. The number of pyridine rings is 2. The summed E-state index contributed by atoms with van der Waals surface area (Å²) in [5, 5.41) is 8.99. The highest BCUT2D eigenvalue weighted by Gasteiger charge is 2.41. The normalized spacial score (nSPS) is 16.4. The Kier molecular flexibility index (Phi) is 7.69. The van der Waals surface area contributed by atoms with Gasteiger partial charge in [0.25, 0.3) is 11.5 Å². The Morgan fingerprint density at radius 1 is 1.05 bits per heavy atom. The van der Waals surface area contributed by atoms with Crippen LogP contribution in [0.5, 0.6) is 5.75 Å². The minimum Gasteiger partial charge on any atom is -0.491 e. The van der Waals surface area contributed by atoms with Crippen molar-refractivity contribution in [3.63, 3.8) is 0 Å². The number of aromatic amines is 1. The lowest BCUT2D eigenvalue weighted by molar-refractivity contribution is -0.138. The minimum atomic E-state index is -4.84. The van der Waals surface area contributed by atoms with Gasteiger partial charge in [-0.25, -0.2) is 4.98 Å². The third kappa shape index (κ3) is 5.68. The van der Waals surface area contributed by atoms with E-state index in [0.29, 0.717) is 43.1 Å². The predicted molar refractivity (Wildman–Crippen MR) is 156 cm³/mol. The van der Waals surface area contributed by atoms with E-state index < -0.39 is 23.3 Å². The highest BCUT2D eigenvalue weighted by Crippen LogP contribution is 2.42. The van der Waals surface area contributed by atoms with E-state index in [0.717, 1.165) is 16.9 Å². The van der Waals surface area contributed by atoms with Crippen LogP contribution in [0.1, 0.15) is 38.7 Å². The van der Waals surface area contributed by atoms with E-state index in [4.69, 9.17) is 10.00 Å². The molecule has 9 nitrogen and oxygen atoms in total. The maximum absolute atomic E-state index is 13.9. The molecule has 6 rings (SSSR count). The number of carbonyl (C=O) groups excluding carboxylic acids is 1. The Morgan fingerprint density at radius 2 is 1.84 bits per heavy atom.